The first-order valence-corrected chi connectivity index (χ1v) is 10.4. The number of aryl methyl sites for hydroxylation is 1. The first-order valence-electron chi connectivity index (χ1n) is 10.4. The second kappa shape index (κ2) is 7.07. The lowest BCUT2D eigenvalue weighted by Crippen LogP contribution is -2.37. The van der Waals surface area contributed by atoms with Gasteiger partial charge in [-0.2, -0.15) is 10.1 Å². The fourth-order valence-electron chi connectivity index (χ4n) is 4.87. The Morgan fingerprint density at radius 1 is 1.14 bits per heavy atom. The summed E-state index contributed by atoms with van der Waals surface area (Å²) in [6.07, 6.45) is 9.40. The van der Waals surface area contributed by atoms with E-state index in [4.69, 9.17) is 9.97 Å². The zero-order valence-corrected chi connectivity index (χ0v) is 15.9. The van der Waals surface area contributed by atoms with Crippen molar-refractivity contribution in [3.05, 3.63) is 23.0 Å². The number of carboxylic acid groups (broad SMARTS) is 1. The second-order valence-electron chi connectivity index (χ2n) is 8.15. The van der Waals surface area contributed by atoms with Gasteiger partial charge in [-0.25, -0.2) is 9.78 Å². The number of H-pyrrole nitrogens is 1. The van der Waals surface area contributed by atoms with E-state index in [0.29, 0.717) is 24.8 Å². The molecule has 2 fully saturated rings. The normalized spacial score (nSPS) is 22.0. The molecule has 8 heteroatoms. The molecule has 3 N–H and O–H groups in total. The summed E-state index contributed by atoms with van der Waals surface area (Å²) in [6, 6.07) is 1.56. The van der Waals surface area contributed by atoms with E-state index >= 15 is 0 Å². The predicted octanol–water partition coefficient (Wildman–Crippen LogP) is 3.14. The molecule has 3 heterocycles. The van der Waals surface area contributed by atoms with Crippen molar-refractivity contribution in [2.45, 2.75) is 69.7 Å². The number of anilines is 3. The lowest BCUT2D eigenvalue weighted by atomic mass is 10.0. The Hall–Kier alpha value is -2.64. The van der Waals surface area contributed by atoms with Crippen LogP contribution >= 0.6 is 0 Å². The predicted molar refractivity (Wildman–Crippen MR) is 105 cm³/mol. The summed E-state index contributed by atoms with van der Waals surface area (Å²) in [7, 11) is 0. The number of nitrogens with one attached hydrogen (secondary N) is 2. The number of fused-ring (bicyclic) bond motifs is 1. The number of carboxylic acids is 1. The van der Waals surface area contributed by atoms with Gasteiger partial charge in [0.15, 0.2) is 0 Å². The van der Waals surface area contributed by atoms with E-state index in [1.165, 1.54) is 25.7 Å². The van der Waals surface area contributed by atoms with Gasteiger partial charge in [0.1, 0.15) is 17.7 Å². The maximum atomic E-state index is 11.6. The lowest BCUT2D eigenvalue weighted by Gasteiger charge is -2.23. The minimum absolute atomic E-state index is 0.531. The zero-order valence-electron chi connectivity index (χ0n) is 15.9. The van der Waals surface area contributed by atoms with E-state index in [-0.39, 0.29) is 0 Å². The molecule has 5 rings (SSSR count). The van der Waals surface area contributed by atoms with Gasteiger partial charge >= 0.3 is 5.97 Å². The molecule has 1 saturated carbocycles. The lowest BCUT2D eigenvalue weighted by molar-refractivity contribution is -0.138. The Kier molecular flexibility index (Phi) is 4.41. The maximum Gasteiger partial charge on any atom is 0.326 e. The van der Waals surface area contributed by atoms with Crippen molar-refractivity contribution >= 4 is 23.6 Å². The fraction of sp³-hybridized carbons (Fsp3) is 0.600. The zero-order chi connectivity index (χ0) is 19.1. The molecular formula is C20H26N6O2. The molecule has 1 saturated heterocycles. The Balaban J connectivity index is 1.44. The molecule has 0 aromatic carbocycles. The molecule has 2 aromatic rings. The number of hydrogen-bond donors (Lipinski definition) is 3. The van der Waals surface area contributed by atoms with Crippen LogP contribution in [0.15, 0.2) is 6.07 Å². The van der Waals surface area contributed by atoms with Gasteiger partial charge in [0.25, 0.3) is 0 Å². The van der Waals surface area contributed by atoms with Gasteiger partial charge in [-0.1, -0.05) is 12.8 Å². The Morgan fingerprint density at radius 3 is 2.82 bits per heavy atom. The number of nitrogens with zero attached hydrogens (tertiary/aromatic N) is 4. The van der Waals surface area contributed by atoms with Gasteiger partial charge < -0.3 is 15.3 Å². The molecule has 3 aliphatic rings. The van der Waals surface area contributed by atoms with Crippen LogP contribution in [0.5, 0.6) is 0 Å². The van der Waals surface area contributed by atoms with Crippen LogP contribution in [-0.2, 0) is 17.6 Å². The van der Waals surface area contributed by atoms with Crippen LogP contribution in [0.4, 0.5) is 17.6 Å². The number of aliphatic carboxylic acids is 1. The third-order valence-electron chi connectivity index (χ3n) is 6.34. The Morgan fingerprint density at radius 2 is 2.00 bits per heavy atom. The van der Waals surface area contributed by atoms with Gasteiger partial charge in [0.05, 0.1) is 11.4 Å². The first-order chi connectivity index (χ1) is 13.7. The van der Waals surface area contributed by atoms with Gasteiger partial charge in [-0.3, -0.25) is 5.10 Å². The monoisotopic (exact) mass is 382 g/mol. The molecule has 28 heavy (non-hydrogen) atoms. The summed E-state index contributed by atoms with van der Waals surface area (Å²) in [5.74, 6) is 1.92. The molecule has 0 spiro atoms. The molecule has 1 aliphatic heterocycles. The summed E-state index contributed by atoms with van der Waals surface area (Å²) < 4.78 is 0. The number of aromatic nitrogens is 4. The topological polar surface area (TPSA) is 107 Å². The molecule has 148 valence electrons. The minimum Gasteiger partial charge on any atom is -0.480 e. The smallest absolute Gasteiger partial charge is 0.326 e. The largest absolute Gasteiger partial charge is 0.480 e. The highest BCUT2D eigenvalue weighted by Gasteiger charge is 2.33. The highest BCUT2D eigenvalue weighted by molar-refractivity contribution is 5.78. The molecule has 2 aliphatic carbocycles. The number of aromatic amines is 1. The third-order valence-corrected chi connectivity index (χ3v) is 6.34. The van der Waals surface area contributed by atoms with Crippen molar-refractivity contribution in [1.82, 2.24) is 20.2 Å². The van der Waals surface area contributed by atoms with E-state index in [1.54, 1.807) is 0 Å². The summed E-state index contributed by atoms with van der Waals surface area (Å²) in [4.78, 5) is 22.9. The van der Waals surface area contributed by atoms with Crippen molar-refractivity contribution in [3.8, 4) is 0 Å². The number of carbonyl (C=O) groups is 1. The van der Waals surface area contributed by atoms with Crippen LogP contribution in [0.3, 0.4) is 0 Å². The molecule has 0 unspecified atom stereocenters. The van der Waals surface area contributed by atoms with Crippen molar-refractivity contribution in [1.29, 1.82) is 0 Å². The van der Waals surface area contributed by atoms with Crippen LogP contribution in [0.2, 0.25) is 0 Å². The van der Waals surface area contributed by atoms with E-state index in [0.717, 1.165) is 54.3 Å². The molecule has 0 bridgehead atoms. The second-order valence-corrected chi connectivity index (χ2v) is 8.15. The maximum absolute atomic E-state index is 11.6. The van der Waals surface area contributed by atoms with Gasteiger partial charge in [-0.05, 0) is 44.9 Å². The van der Waals surface area contributed by atoms with E-state index in [9.17, 15) is 9.90 Å². The minimum atomic E-state index is -0.800. The van der Waals surface area contributed by atoms with Crippen LogP contribution in [0, 0.1) is 0 Å². The molecular weight excluding hydrogens is 356 g/mol. The van der Waals surface area contributed by atoms with Crippen LogP contribution in [0.25, 0.3) is 0 Å². The van der Waals surface area contributed by atoms with E-state index in [2.05, 4.69) is 21.6 Å². The van der Waals surface area contributed by atoms with Crippen LogP contribution in [-0.4, -0.2) is 43.8 Å². The summed E-state index contributed by atoms with van der Waals surface area (Å²) in [5.41, 5.74) is 3.31. The summed E-state index contributed by atoms with van der Waals surface area (Å²) in [6.45, 7) is 0.686. The van der Waals surface area contributed by atoms with Crippen molar-refractivity contribution < 1.29 is 9.90 Å². The summed E-state index contributed by atoms with van der Waals surface area (Å²) in [5, 5.41) is 20.5. The third kappa shape index (κ3) is 3.10. The Labute approximate surface area is 163 Å². The van der Waals surface area contributed by atoms with Gasteiger partial charge in [0, 0.05) is 24.1 Å². The first kappa shape index (κ1) is 17.5. The van der Waals surface area contributed by atoms with Gasteiger partial charge in [0.2, 0.25) is 5.95 Å². The molecule has 1 atom stereocenters. The number of rotatable bonds is 5. The van der Waals surface area contributed by atoms with Crippen molar-refractivity contribution in [3.63, 3.8) is 0 Å². The average molecular weight is 382 g/mol. The standard InChI is InChI=1S/C20H26N6O2/c27-19(28)16-9-4-10-26(16)20-21-14-8-3-7-13(14)18(23-20)22-17-11-15(24-25-17)12-5-1-2-6-12/h11-12,16H,1-10H2,(H,27,28)(H2,21,22,23,24,25)/t16-/m0/s1. The van der Waals surface area contributed by atoms with E-state index < -0.39 is 12.0 Å². The van der Waals surface area contributed by atoms with Crippen molar-refractivity contribution in [2.24, 2.45) is 0 Å². The highest BCUT2D eigenvalue weighted by Crippen LogP contribution is 2.35. The SMILES string of the molecule is O=C(O)[C@@H]1CCCN1c1nc2c(c(Nc3cc(C4CCCC4)n[nH]3)n1)CCC2. The van der Waals surface area contributed by atoms with Crippen LogP contribution in [0.1, 0.15) is 67.8 Å². The van der Waals surface area contributed by atoms with E-state index in [1.807, 2.05) is 4.90 Å². The quantitative estimate of drug-likeness (QED) is 0.729. The van der Waals surface area contributed by atoms with Gasteiger partial charge in [-0.15, -0.1) is 0 Å². The molecule has 0 radical (unpaired) electrons. The summed E-state index contributed by atoms with van der Waals surface area (Å²) >= 11 is 0. The average Bonchev–Trinajstić information content (AvgIpc) is 3.47. The molecule has 0 amide bonds. The molecule has 2 aromatic heterocycles. The Bertz CT molecular complexity index is 889. The highest BCUT2D eigenvalue weighted by atomic mass is 16.4. The fourth-order valence-corrected chi connectivity index (χ4v) is 4.87. The van der Waals surface area contributed by atoms with Crippen LogP contribution < -0.4 is 10.2 Å². The molecule has 8 nitrogen and oxygen atoms in total. The van der Waals surface area contributed by atoms with Crippen molar-refractivity contribution in [2.75, 3.05) is 16.8 Å². The number of hydrogen-bond acceptors (Lipinski definition) is 6.